The Kier molecular flexibility index (Phi) is 4.41. The molecule has 2 rings (SSSR count). The Hall–Kier alpha value is -0.450. The van der Waals surface area contributed by atoms with Crippen molar-refractivity contribution >= 4 is 33.1 Å². The number of hydrogen-bond acceptors (Lipinski definition) is 2. The van der Waals surface area contributed by atoms with E-state index in [0.29, 0.717) is 10.4 Å². The molecule has 2 nitrogen and oxygen atoms in total. The Morgan fingerprint density at radius 2 is 2.22 bits per heavy atom. The Morgan fingerprint density at radius 3 is 2.78 bits per heavy atom. The van der Waals surface area contributed by atoms with Crippen LogP contribution in [-0.2, 0) is 6.54 Å². The van der Waals surface area contributed by atoms with Crippen molar-refractivity contribution in [1.29, 1.82) is 0 Å². The van der Waals surface area contributed by atoms with Crippen LogP contribution in [-0.4, -0.2) is 23.5 Å². The maximum Gasteiger partial charge on any atom is 0.0733 e. The summed E-state index contributed by atoms with van der Waals surface area (Å²) in [6.07, 6.45) is 3.41. The standard InChI is InChI=1S/C14H19BrN2S/c1-17(9-11-3-2-4-12(15)7-11)10-14(5-6-14)8-13(16)18/h2-4,7H,5-6,8-10H2,1H3,(H2,16,18). The van der Waals surface area contributed by atoms with Gasteiger partial charge in [-0.25, -0.2) is 0 Å². The van der Waals surface area contributed by atoms with Crippen LogP contribution in [0.15, 0.2) is 28.7 Å². The molecule has 18 heavy (non-hydrogen) atoms. The first-order valence-electron chi connectivity index (χ1n) is 6.20. The van der Waals surface area contributed by atoms with E-state index < -0.39 is 0 Å². The summed E-state index contributed by atoms with van der Waals surface area (Å²) in [5.41, 5.74) is 7.37. The van der Waals surface area contributed by atoms with Gasteiger partial charge in [-0.05, 0) is 43.0 Å². The highest BCUT2D eigenvalue weighted by Gasteiger charge is 2.43. The predicted octanol–water partition coefficient (Wildman–Crippen LogP) is 3.34. The SMILES string of the molecule is CN(Cc1cccc(Br)c1)CC1(CC(N)=S)CC1. The van der Waals surface area contributed by atoms with Gasteiger partial charge in [0, 0.05) is 24.0 Å². The zero-order chi connectivity index (χ0) is 13.2. The lowest BCUT2D eigenvalue weighted by Gasteiger charge is -2.23. The van der Waals surface area contributed by atoms with Crippen molar-refractivity contribution in [2.45, 2.75) is 25.8 Å². The Morgan fingerprint density at radius 1 is 1.50 bits per heavy atom. The number of rotatable bonds is 6. The fraction of sp³-hybridized carbons (Fsp3) is 0.500. The van der Waals surface area contributed by atoms with Gasteiger partial charge in [0.1, 0.15) is 0 Å². The molecule has 0 heterocycles. The summed E-state index contributed by atoms with van der Waals surface area (Å²) in [7, 11) is 2.17. The number of halogens is 1. The molecule has 2 N–H and O–H groups in total. The van der Waals surface area contributed by atoms with Crippen LogP contribution in [0.4, 0.5) is 0 Å². The van der Waals surface area contributed by atoms with Gasteiger partial charge in [-0.15, -0.1) is 0 Å². The molecule has 0 atom stereocenters. The van der Waals surface area contributed by atoms with Crippen LogP contribution in [0.5, 0.6) is 0 Å². The number of nitrogens with zero attached hydrogens (tertiary/aromatic N) is 1. The molecule has 1 saturated carbocycles. The van der Waals surface area contributed by atoms with Crippen molar-refractivity contribution in [3.8, 4) is 0 Å². The molecule has 0 spiro atoms. The van der Waals surface area contributed by atoms with Gasteiger partial charge in [0.05, 0.1) is 4.99 Å². The third-order valence-electron chi connectivity index (χ3n) is 3.45. The summed E-state index contributed by atoms with van der Waals surface area (Å²) in [5.74, 6) is 0. The molecule has 4 heteroatoms. The topological polar surface area (TPSA) is 29.3 Å². The number of nitrogens with two attached hydrogens (primary N) is 1. The van der Waals surface area contributed by atoms with Crippen LogP contribution in [0, 0.1) is 5.41 Å². The van der Waals surface area contributed by atoms with Crippen molar-refractivity contribution < 1.29 is 0 Å². The molecule has 0 aliphatic heterocycles. The summed E-state index contributed by atoms with van der Waals surface area (Å²) in [6, 6.07) is 8.46. The predicted molar refractivity (Wildman–Crippen MR) is 83.5 cm³/mol. The van der Waals surface area contributed by atoms with Crippen LogP contribution in [0.2, 0.25) is 0 Å². The van der Waals surface area contributed by atoms with Crippen molar-refractivity contribution in [1.82, 2.24) is 4.90 Å². The van der Waals surface area contributed by atoms with E-state index in [9.17, 15) is 0 Å². The van der Waals surface area contributed by atoms with Gasteiger partial charge in [-0.1, -0.05) is 40.3 Å². The second kappa shape index (κ2) is 5.68. The lowest BCUT2D eigenvalue weighted by molar-refractivity contribution is 0.260. The van der Waals surface area contributed by atoms with Gasteiger partial charge in [-0.3, -0.25) is 0 Å². The lowest BCUT2D eigenvalue weighted by atomic mass is 10.0. The normalized spacial score (nSPS) is 16.8. The highest BCUT2D eigenvalue weighted by Crippen LogP contribution is 2.49. The van der Waals surface area contributed by atoms with Crippen molar-refractivity contribution in [3.05, 3.63) is 34.3 Å². The lowest BCUT2D eigenvalue weighted by Crippen LogP contribution is -2.29. The van der Waals surface area contributed by atoms with Gasteiger partial charge >= 0.3 is 0 Å². The molecule has 0 unspecified atom stereocenters. The molecular formula is C14H19BrN2S. The first-order chi connectivity index (χ1) is 8.49. The highest BCUT2D eigenvalue weighted by molar-refractivity contribution is 9.10. The summed E-state index contributed by atoms with van der Waals surface area (Å²) >= 11 is 8.54. The fourth-order valence-corrected chi connectivity index (χ4v) is 3.27. The Balaban J connectivity index is 1.89. The van der Waals surface area contributed by atoms with Gasteiger partial charge in [0.2, 0.25) is 0 Å². The largest absolute Gasteiger partial charge is 0.393 e. The van der Waals surface area contributed by atoms with Gasteiger partial charge in [-0.2, -0.15) is 0 Å². The van der Waals surface area contributed by atoms with Gasteiger partial charge in [0.15, 0.2) is 0 Å². The van der Waals surface area contributed by atoms with Crippen LogP contribution >= 0.6 is 28.1 Å². The molecule has 0 amide bonds. The van der Waals surface area contributed by atoms with E-state index in [4.69, 9.17) is 18.0 Å². The van der Waals surface area contributed by atoms with E-state index in [0.717, 1.165) is 24.0 Å². The second-order valence-electron chi connectivity index (χ2n) is 5.45. The van der Waals surface area contributed by atoms with Crippen molar-refractivity contribution in [2.24, 2.45) is 11.1 Å². The van der Waals surface area contributed by atoms with Crippen LogP contribution in [0.25, 0.3) is 0 Å². The first kappa shape index (κ1) is 14.0. The minimum Gasteiger partial charge on any atom is -0.393 e. The number of hydrogen-bond donors (Lipinski definition) is 1. The van der Waals surface area contributed by atoms with Gasteiger partial charge in [0.25, 0.3) is 0 Å². The molecule has 98 valence electrons. The van der Waals surface area contributed by atoms with E-state index in [1.807, 2.05) is 0 Å². The molecule has 1 aromatic rings. The highest BCUT2D eigenvalue weighted by atomic mass is 79.9. The maximum atomic E-state index is 5.67. The maximum absolute atomic E-state index is 5.67. The second-order valence-corrected chi connectivity index (χ2v) is 6.89. The Bertz CT molecular complexity index is 443. The Labute approximate surface area is 123 Å². The minimum atomic E-state index is 0.368. The third-order valence-corrected chi connectivity index (χ3v) is 4.09. The number of thiocarbonyl (C=S) groups is 1. The van der Waals surface area contributed by atoms with Crippen LogP contribution < -0.4 is 5.73 Å². The monoisotopic (exact) mass is 326 g/mol. The molecule has 0 radical (unpaired) electrons. The zero-order valence-electron chi connectivity index (χ0n) is 10.7. The first-order valence-corrected chi connectivity index (χ1v) is 7.41. The molecular weight excluding hydrogens is 308 g/mol. The molecule has 0 saturated heterocycles. The molecule has 1 aliphatic rings. The van der Waals surface area contributed by atoms with Crippen molar-refractivity contribution in [2.75, 3.05) is 13.6 Å². The number of benzene rings is 1. The van der Waals surface area contributed by atoms with Crippen LogP contribution in [0.3, 0.4) is 0 Å². The van der Waals surface area contributed by atoms with Gasteiger partial charge < -0.3 is 10.6 Å². The smallest absolute Gasteiger partial charge is 0.0733 e. The summed E-state index contributed by atoms with van der Waals surface area (Å²) in [4.78, 5) is 3.02. The average molecular weight is 327 g/mol. The summed E-state index contributed by atoms with van der Waals surface area (Å²) in [6.45, 7) is 2.05. The summed E-state index contributed by atoms with van der Waals surface area (Å²) in [5, 5.41) is 0. The molecule has 1 aromatic carbocycles. The quantitative estimate of drug-likeness (QED) is 0.813. The zero-order valence-corrected chi connectivity index (χ0v) is 13.1. The molecule has 0 bridgehead atoms. The van der Waals surface area contributed by atoms with E-state index >= 15 is 0 Å². The fourth-order valence-electron chi connectivity index (χ4n) is 2.51. The van der Waals surface area contributed by atoms with E-state index in [1.54, 1.807) is 0 Å². The molecule has 1 aliphatic carbocycles. The van der Waals surface area contributed by atoms with Crippen molar-refractivity contribution in [3.63, 3.8) is 0 Å². The van der Waals surface area contributed by atoms with E-state index in [2.05, 4.69) is 52.1 Å². The molecule has 0 aromatic heterocycles. The average Bonchev–Trinajstić information content (AvgIpc) is 2.95. The molecule has 1 fully saturated rings. The van der Waals surface area contributed by atoms with E-state index in [-0.39, 0.29) is 0 Å². The summed E-state index contributed by atoms with van der Waals surface area (Å²) < 4.78 is 1.14. The third kappa shape index (κ3) is 4.04. The van der Waals surface area contributed by atoms with E-state index in [1.165, 1.54) is 18.4 Å². The van der Waals surface area contributed by atoms with Crippen LogP contribution in [0.1, 0.15) is 24.8 Å². The minimum absolute atomic E-state index is 0.368.